The molecule has 1 fully saturated rings. The van der Waals surface area contributed by atoms with Crippen molar-refractivity contribution in [3.63, 3.8) is 0 Å². The molecule has 1 saturated heterocycles. The Hall–Kier alpha value is -3.50. The van der Waals surface area contributed by atoms with Gasteiger partial charge in [0.2, 0.25) is 0 Å². The van der Waals surface area contributed by atoms with Crippen molar-refractivity contribution in [1.82, 2.24) is 14.7 Å². The third-order valence-electron chi connectivity index (χ3n) is 8.30. The van der Waals surface area contributed by atoms with Crippen LogP contribution in [-0.2, 0) is 5.41 Å². The number of carbonyl (C=O) groups excluding carboxylic acids is 1. The number of nitrogens with zero attached hydrogens (tertiary/aromatic N) is 4. The van der Waals surface area contributed by atoms with E-state index in [4.69, 9.17) is 39.4 Å². The molecule has 44 heavy (non-hydrogen) atoms. The van der Waals surface area contributed by atoms with Crippen LogP contribution in [0.4, 0.5) is 4.79 Å². The van der Waals surface area contributed by atoms with E-state index in [9.17, 15) is 4.79 Å². The Labute approximate surface area is 271 Å². The Kier molecular flexibility index (Phi) is 9.90. The number of urea groups is 1. The number of halogens is 2. The van der Waals surface area contributed by atoms with Crippen LogP contribution in [0.25, 0.3) is 0 Å². The average molecular weight is 632 g/mol. The predicted molar refractivity (Wildman–Crippen MR) is 180 cm³/mol. The molecule has 2 aliphatic rings. The largest absolute Gasteiger partial charge is 0.493 e. The molecular formula is C36H40Cl2N4O2. The number of amides is 2. The monoisotopic (exact) mass is 630 g/mol. The van der Waals surface area contributed by atoms with E-state index in [0.29, 0.717) is 47.7 Å². The maximum absolute atomic E-state index is 14.7. The van der Waals surface area contributed by atoms with Gasteiger partial charge in [0.15, 0.2) is 0 Å². The number of piperazine rings is 1. The summed E-state index contributed by atoms with van der Waals surface area (Å²) >= 11 is 12.6. The average Bonchev–Trinajstić information content (AvgIpc) is 3.40. The first-order valence-corrected chi connectivity index (χ1v) is 16.0. The number of hydrogen-bond donors (Lipinski definition) is 0. The highest BCUT2D eigenvalue weighted by Crippen LogP contribution is 2.46. The molecule has 8 heteroatoms. The molecule has 3 aromatic rings. The van der Waals surface area contributed by atoms with Crippen molar-refractivity contribution in [1.29, 1.82) is 0 Å². The summed E-state index contributed by atoms with van der Waals surface area (Å²) in [5.41, 5.74) is 3.77. The SMILES string of the molecule is C#CCCN1CCN(C(=O)N2C(c3ccc(C(C)(C)C)cc3OCC)=NC(c3ccc(Cl)cc3)C2c2ccc(Cl)cc2)CC1. The fourth-order valence-electron chi connectivity index (χ4n) is 5.84. The highest BCUT2D eigenvalue weighted by Gasteiger charge is 2.45. The van der Waals surface area contributed by atoms with E-state index in [2.05, 4.69) is 43.7 Å². The van der Waals surface area contributed by atoms with Gasteiger partial charge in [-0.1, -0.05) is 74.3 Å². The maximum Gasteiger partial charge on any atom is 0.326 e. The summed E-state index contributed by atoms with van der Waals surface area (Å²) in [4.78, 5) is 26.2. The molecule has 230 valence electrons. The van der Waals surface area contributed by atoms with Gasteiger partial charge in [-0.2, -0.15) is 0 Å². The number of ether oxygens (including phenoxy) is 1. The van der Waals surface area contributed by atoms with Crippen molar-refractivity contribution in [3.05, 3.63) is 99.0 Å². The first-order chi connectivity index (χ1) is 21.1. The van der Waals surface area contributed by atoms with Crippen LogP contribution in [0.3, 0.4) is 0 Å². The molecule has 0 aromatic heterocycles. The van der Waals surface area contributed by atoms with E-state index >= 15 is 0 Å². The van der Waals surface area contributed by atoms with Gasteiger partial charge in [-0.05, 0) is 65.4 Å². The lowest BCUT2D eigenvalue weighted by atomic mass is 9.86. The minimum Gasteiger partial charge on any atom is -0.493 e. The molecule has 6 nitrogen and oxygen atoms in total. The molecule has 3 aromatic carbocycles. The molecule has 2 aliphatic heterocycles. The fraction of sp³-hybridized carbons (Fsp3) is 0.389. The Bertz CT molecular complexity index is 1530. The fourth-order valence-corrected chi connectivity index (χ4v) is 6.09. The number of terminal acetylenes is 1. The Morgan fingerprint density at radius 2 is 1.57 bits per heavy atom. The summed E-state index contributed by atoms with van der Waals surface area (Å²) in [6, 6.07) is 20.8. The number of hydrogen-bond acceptors (Lipinski definition) is 4. The molecule has 0 N–H and O–H groups in total. The zero-order chi connectivity index (χ0) is 31.4. The summed E-state index contributed by atoms with van der Waals surface area (Å²) < 4.78 is 6.23. The lowest BCUT2D eigenvalue weighted by molar-refractivity contribution is 0.120. The van der Waals surface area contributed by atoms with Crippen LogP contribution in [0.5, 0.6) is 5.75 Å². The van der Waals surface area contributed by atoms with Gasteiger partial charge in [0.05, 0.1) is 18.2 Å². The molecule has 5 rings (SSSR count). The van der Waals surface area contributed by atoms with Crippen molar-refractivity contribution in [3.8, 4) is 18.1 Å². The van der Waals surface area contributed by atoms with Crippen LogP contribution in [0.1, 0.15) is 68.5 Å². The van der Waals surface area contributed by atoms with Crippen LogP contribution >= 0.6 is 23.2 Å². The van der Waals surface area contributed by atoms with Gasteiger partial charge in [0, 0.05) is 49.2 Å². The standard InChI is InChI=1S/C36H40Cl2N4O2/c1-6-8-19-40-20-22-41(23-21-40)35(43)42-33(26-11-16-29(38)17-12-26)32(25-9-14-28(37)15-10-25)39-34(42)30-18-13-27(36(3,4)5)24-31(30)44-7-2/h1,9-18,24,32-33H,7-8,19-23H2,2-5H3. The molecule has 2 atom stereocenters. The maximum atomic E-state index is 14.7. The smallest absolute Gasteiger partial charge is 0.326 e. The first-order valence-electron chi connectivity index (χ1n) is 15.2. The number of carbonyl (C=O) groups is 1. The van der Waals surface area contributed by atoms with Gasteiger partial charge < -0.3 is 9.64 Å². The molecule has 2 heterocycles. The van der Waals surface area contributed by atoms with Crippen LogP contribution in [0, 0.1) is 12.3 Å². The molecule has 2 unspecified atom stereocenters. The highest BCUT2D eigenvalue weighted by atomic mass is 35.5. The Morgan fingerprint density at radius 3 is 2.14 bits per heavy atom. The second-order valence-corrected chi connectivity index (χ2v) is 13.1. The molecule has 0 bridgehead atoms. The van der Waals surface area contributed by atoms with Gasteiger partial charge in [0.1, 0.15) is 17.6 Å². The van der Waals surface area contributed by atoms with Crippen molar-refractivity contribution < 1.29 is 9.53 Å². The van der Waals surface area contributed by atoms with E-state index < -0.39 is 6.04 Å². The van der Waals surface area contributed by atoms with Crippen molar-refractivity contribution in [2.75, 3.05) is 39.3 Å². The van der Waals surface area contributed by atoms with Crippen LogP contribution in [0.15, 0.2) is 71.7 Å². The van der Waals surface area contributed by atoms with Gasteiger partial charge >= 0.3 is 6.03 Å². The normalized spacial score (nSPS) is 19.1. The minimum atomic E-state index is -0.410. The second kappa shape index (κ2) is 13.6. The summed E-state index contributed by atoms with van der Waals surface area (Å²) in [5.74, 6) is 4.02. The highest BCUT2D eigenvalue weighted by molar-refractivity contribution is 6.30. The van der Waals surface area contributed by atoms with E-state index in [1.54, 1.807) is 0 Å². The third-order valence-corrected chi connectivity index (χ3v) is 8.80. The predicted octanol–water partition coefficient (Wildman–Crippen LogP) is 8.00. The van der Waals surface area contributed by atoms with E-state index in [0.717, 1.165) is 41.9 Å². The van der Waals surface area contributed by atoms with Crippen molar-refractivity contribution in [2.24, 2.45) is 4.99 Å². The minimum absolute atomic E-state index is 0.0752. The van der Waals surface area contributed by atoms with E-state index in [-0.39, 0.29) is 17.5 Å². The summed E-state index contributed by atoms with van der Waals surface area (Å²) in [6.07, 6.45) is 6.20. The number of aliphatic imine (C=N–C) groups is 1. The second-order valence-electron chi connectivity index (χ2n) is 12.3. The van der Waals surface area contributed by atoms with Gasteiger partial charge in [-0.25, -0.2) is 4.79 Å². The Morgan fingerprint density at radius 1 is 0.955 bits per heavy atom. The summed E-state index contributed by atoms with van der Waals surface area (Å²) in [5, 5.41) is 1.28. The molecule has 2 amide bonds. The summed E-state index contributed by atoms with van der Waals surface area (Å²) in [6.45, 7) is 12.6. The zero-order valence-electron chi connectivity index (χ0n) is 25.9. The lowest BCUT2D eigenvalue weighted by Crippen LogP contribution is -2.54. The van der Waals surface area contributed by atoms with E-state index in [1.807, 2.05) is 71.3 Å². The van der Waals surface area contributed by atoms with Crippen LogP contribution in [-0.4, -0.2) is 65.9 Å². The van der Waals surface area contributed by atoms with Crippen LogP contribution in [0.2, 0.25) is 10.0 Å². The van der Waals surface area contributed by atoms with Gasteiger partial charge in [-0.3, -0.25) is 14.8 Å². The van der Waals surface area contributed by atoms with Gasteiger partial charge in [0.25, 0.3) is 0 Å². The molecule has 0 radical (unpaired) electrons. The summed E-state index contributed by atoms with van der Waals surface area (Å²) in [7, 11) is 0. The Balaban J connectivity index is 1.64. The topological polar surface area (TPSA) is 48.4 Å². The molecule has 0 spiro atoms. The van der Waals surface area contributed by atoms with Crippen molar-refractivity contribution in [2.45, 2.75) is 51.6 Å². The van der Waals surface area contributed by atoms with Crippen LogP contribution < -0.4 is 4.74 Å². The first kappa shape index (κ1) is 31.9. The van der Waals surface area contributed by atoms with Crippen molar-refractivity contribution >= 4 is 35.1 Å². The quantitative estimate of drug-likeness (QED) is 0.249. The number of amidine groups is 1. The zero-order valence-corrected chi connectivity index (χ0v) is 27.4. The molecule has 0 saturated carbocycles. The number of rotatable bonds is 7. The third kappa shape index (κ3) is 6.91. The van der Waals surface area contributed by atoms with Gasteiger partial charge in [-0.15, -0.1) is 12.3 Å². The molecular weight excluding hydrogens is 591 g/mol. The number of benzene rings is 3. The van der Waals surface area contributed by atoms with E-state index in [1.165, 1.54) is 0 Å². The molecule has 0 aliphatic carbocycles. The lowest BCUT2D eigenvalue weighted by Gasteiger charge is -2.39.